The highest BCUT2D eigenvalue weighted by Crippen LogP contribution is 2.26. The zero-order chi connectivity index (χ0) is 15.1. The van der Waals surface area contributed by atoms with Crippen molar-refractivity contribution in [2.45, 2.75) is 25.7 Å². The smallest absolute Gasteiger partial charge is 0.266 e. The Kier molecular flexibility index (Phi) is 3.43. The number of nitrogens with zero attached hydrogens (tertiary/aromatic N) is 3. The van der Waals surface area contributed by atoms with Gasteiger partial charge in [-0.2, -0.15) is 5.10 Å². The van der Waals surface area contributed by atoms with Gasteiger partial charge in [-0.05, 0) is 32.9 Å². The quantitative estimate of drug-likeness (QED) is 0.888. The lowest BCUT2D eigenvalue weighted by molar-refractivity contribution is 0.475. The van der Waals surface area contributed by atoms with Gasteiger partial charge in [-0.15, -0.1) is 0 Å². The lowest BCUT2D eigenvalue weighted by atomic mass is 10.3. The Hall–Kier alpha value is -2.09. The Morgan fingerprint density at radius 1 is 1.25 bits per heavy atom. The standard InChI is InChI=1S/C12H16N4O3S/c1-7-5-6-10(17)12(13-7)15-20(18,19)11-8(2)14-16(4)9(11)3/h5-6,17H,1-4H3,(H,13,15). The molecule has 0 bridgehead atoms. The summed E-state index contributed by atoms with van der Waals surface area (Å²) in [6.45, 7) is 4.99. The van der Waals surface area contributed by atoms with Gasteiger partial charge in [-0.1, -0.05) is 0 Å². The van der Waals surface area contributed by atoms with Gasteiger partial charge in [0.1, 0.15) is 4.90 Å². The van der Waals surface area contributed by atoms with Gasteiger partial charge < -0.3 is 5.11 Å². The number of rotatable bonds is 3. The highest BCUT2D eigenvalue weighted by molar-refractivity contribution is 7.92. The van der Waals surface area contributed by atoms with Crippen LogP contribution >= 0.6 is 0 Å². The van der Waals surface area contributed by atoms with E-state index in [1.165, 1.54) is 10.7 Å². The summed E-state index contributed by atoms with van der Waals surface area (Å²) >= 11 is 0. The van der Waals surface area contributed by atoms with E-state index in [-0.39, 0.29) is 16.5 Å². The van der Waals surface area contributed by atoms with Crippen LogP contribution in [0.3, 0.4) is 0 Å². The Morgan fingerprint density at radius 2 is 1.90 bits per heavy atom. The first kappa shape index (κ1) is 14.3. The van der Waals surface area contributed by atoms with E-state index in [0.717, 1.165) is 0 Å². The van der Waals surface area contributed by atoms with Crippen LogP contribution in [-0.2, 0) is 17.1 Å². The van der Waals surface area contributed by atoms with Crippen molar-refractivity contribution in [1.29, 1.82) is 0 Å². The summed E-state index contributed by atoms with van der Waals surface area (Å²) in [6, 6.07) is 2.98. The molecule has 2 rings (SSSR count). The molecule has 2 aromatic heterocycles. The molecule has 0 unspecified atom stereocenters. The van der Waals surface area contributed by atoms with Crippen molar-refractivity contribution in [2.75, 3.05) is 4.72 Å². The Bertz CT molecular complexity index is 765. The molecule has 8 heteroatoms. The molecule has 2 aromatic rings. The van der Waals surface area contributed by atoms with E-state index in [2.05, 4.69) is 14.8 Å². The average Bonchev–Trinajstić information content (AvgIpc) is 2.58. The van der Waals surface area contributed by atoms with Gasteiger partial charge in [0.05, 0.1) is 11.4 Å². The predicted molar refractivity (Wildman–Crippen MR) is 74.1 cm³/mol. The Morgan fingerprint density at radius 3 is 2.45 bits per heavy atom. The van der Waals surface area contributed by atoms with E-state index in [4.69, 9.17) is 0 Å². The molecule has 0 aromatic carbocycles. The molecular formula is C12H16N4O3S. The molecule has 0 atom stereocenters. The molecule has 0 aliphatic carbocycles. The number of nitrogens with one attached hydrogen (secondary N) is 1. The Balaban J connectivity index is 2.49. The van der Waals surface area contributed by atoms with Crippen LogP contribution < -0.4 is 4.72 Å². The second-order valence-corrected chi connectivity index (χ2v) is 6.17. The summed E-state index contributed by atoms with van der Waals surface area (Å²) < 4.78 is 28.6. The van der Waals surface area contributed by atoms with Crippen molar-refractivity contribution in [3.8, 4) is 5.75 Å². The van der Waals surface area contributed by atoms with Gasteiger partial charge >= 0.3 is 0 Å². The van der Waals surface area contributed by atoms with E-state index >= 15 is 0 Å². The van der Waals surface area contributed by atoms with Crippen LogP contribution in [0.4, 0.5) is 5.82 Å². The predicted octanol–water partition coefficient (Wildman–Crippen LogP) is 1.25. The number of anilines is 1. The van der Waals surface area contributed by atoms with Crippen LogP contribution in [0.5, 0.6) is 5.75 Å². The molecule has 108 valence electrons. The SMILES string of the molecule is Cc1ccc(O)c(NS(=O)(=O)c2c(C)nn(C)c2C)n1. The minimum absolute atomic E-state index is 0.0901. The van der Waals surface area contributed by atoms with Gasteiger partial charge in [0.25, 0.3) is 10.0 Å². The van der Waals surface area contributed by atoms with E-state index in [1.54, 1.807) is 33.9 Å². The van der Waals surface area contributed by atoms with Gasteiger partial charge in [0.2, 0.25) is 0 Å². The Labute approximate surface area is 117 Å². The highest BCUT2D eigenvalue weighted by atomic mass is 32.2. The fourth-order valence-corrected chi connectivity index (χ4v) is 3.40. The first-order chi connectivity index (χ1) is 9.22. The second kappa shape index (κ2) is 4.78. The molecule has 0 aliphatic heterocycles. The van der Waals surface area contributed by atoms with Crippen molar-refractivity contribution in [1.82, 2.24) is 14.8 Å². The first-order valence-corrected chi connectivity index (χ1v) is 7.40. The van der Waals surface area contributed by atoms with Crippen LogP contribution in [0.2, 0.25) is 0 Å². The minimum atomic E-state index is -3.85. The zero-order valence-corrected chi connectivity index (χ0v) is 12.5. The second-order valence-electron chi connectivity index (χ2n) is 4.55. The largest absolute Gasteiger partial charge is 0.504 e. The zero-order valence-electron chi connectivity index (χ0n) is 11.7. The summed E-state index contributed by atoms with van der Waals surface area (Å²) in [6.07, 6.45) is 0. The lowest BCUT2D eigenvalue weighted by Gasteiger charge is -2.09. The monoisotopic (exact) mass is 296 g/mol. The number of hydrogen-bond acceptors (Lipinski definition) is 5. The molecule has 2 heterocycles. The number of hydrogen-bond donors (Lipinski definition) is 2. The fourth-order valence-electron chi connectivity index (χ4n) is 1.95. The molecule has 7 nitrogen and oxygen atoms in total. The van der Waals surface area contributed by atoms with Gasteiger partial charge in [0.15, 0.2) is 11.6 Å². The van der Waals surface area contributed by atoms with Crippen molar-refractivity contribution >= 4 is 15.8 Å². The third kappa shape index (κ3) is 2.46. The first-order valence-electron chi connectivity index (χ1n) is 5.92. The van der Waals surface area contributed by atoms with Crippen LogP contribution in [0.1, 0.15) is 17.1 Å². The van der Waals surface area contributed by atoms with Crippen molar-refractivity contribution in [3.63, 3.8) is 0 Å². The maximum Gasteiger partial charge on any atom is 0.266 e. The molecule has 0 spiro atoms. The van der Waals surface area contributed by atoms with Crippen LogP contribution in [-0.4, -0.2) is 28.3 Å². The average molecular weight is 296 g/mol. The van der Waals surface area contributed by atoms with Gasteiger partial charge in [0, 0.05) is 12.7 Å². The lowest BCUT2D eigenvalue weighted by Crippen LogP contribution is -2.16. The number of aromatic nitrogens is 3. The summed E-state index contributed by atoms with van der Waals surface area (Å²) in [5.41, 5.74) is 1.51. The number of sulfonamides is 1. The van der Waals surface area contributed by atoms with E-state index in [1.807, 2.05) is 0 Å². The number of aromatic hydroxyl groups is 1. The summed E-state index contributed by atoms with van der Waals surface area (Å²) in [4.78, 5) is 4.08. The van der Waals surface area contributed by atoms with Crippen LogP contribution in [0.25, 0.3) is 0 Å². The third-order valence-corrected chi connectivity index (χ3v) is 4.55. The van der Waals surface area contributed by atoms with E-state index < -0.39 is 10.0 Å². The molecule has 0 amide bonds. The van der Waals surface area contributed by atoms with Crippen LogP contribution in [0, 0.1) is 20.8 Å². The summed E-state index contributed by atoms with van der Waals surface area (Å²) in [5, 5.41) is 13.8. The third-order valence-electron chi connectivity index (χ3n) is 2.96. The van der Waals surface area contributed by atoms with E-state index in [9.17, 15) is 13.5 Å². The van der Waals surface area contributed by atoms with Crippen molar-refractivity contribution < 1.29 is 13.5 Å². The number of pyridine rings is 1. The molecular weight excluding hydrogens is 280 g/mol. The van der Waals surface area contributed by atoms with Gasteiger partial charge in [-0.25, -0.2) is 13.4 Å². The highest BCUT2D eigenvalue weighted by Gasteiger charge is 2.25. The maximum atomic E-state index is 12.4. The summed E-state index contributed by atoms with van der Waals surface area (Å²) in [7, 11) is -2.18. The number of aryl methyl sites for hydroxylation is 3. The topological polar surface area (TPSA) is 97.1 Å². The maximum absolute atomic E-state index is 12.4. The molecule has 20 heavy (non-hydrogen) atoms. The van der Waals surface area contributed by atoms with Crippen molar-refractivity contribution in [3.05, 3.63) is 29.2 Å². The molecule has 0 radical (unpaired) electrons. The molecule has 0 saturated carbocycles. The normalized spacial score (nSPS) is 11.6. The van der Waals surface area contributed by atoms with Crippen molar-refractivity contribution in [2.24, 2.45) is 7.05 Å². The van der Waals surface area contributed by atoms with Gasteiger partial charge in [-0.3, -0.25) is 9.40 Å². The van der Waals surface area contributed by atoms with Crippen LogP contribution in [0.15, 0.2) is 17.0 Å². The fraction of sp³-hybridized carbons (Fsp3) is 0.333. The molecule has 0 saturated heterocycles. The summed E-state index contributed by atoms with van der Waals surface area (Å²) in [5.74, 6) is -0.314. The molecule has 0 fully saturated rings. The van der Waals surface area contributed by atoms with E-state index in [0.29, 0.717) is 17.1 Å². The molecule has 2 N–H and O–H groups in total. The molecule has 0 aliphatic rings. The minimum Gasteiger partial charge on any atom is -0.504 e.